The van der Waals surface area contributed by atoms with Crippen LogP contribution < -0.4 is 5.32 Å². The Balaban J connectivity index is 4.43. The van der Waals surface area contributed by atoms with Crippen molar-refractivity contribution in [1.82, 2.24) is 5.32 Å². The highest BCUT2D eigenvalue weighted by Crippen LogP contribution is 2.43. The van der Waals surface area contributed by atoms with E-state index in [2.05, 4.69) is 55.6 Å². The van der Waals surface area contributed by atoms with Gasteiger partial charge in [-0.1, -0.05) is 166 Å². The quantitative estimate of drug-likeness (QED) is 0.0251. The number of carbonyl (C=O) groups excluding carboxylic acids is 1. The molecule has 3 unspecified atom stereocenters. The Morgan fingerprint density at radius 1 is 0.673 bits per heavy atom. The average molecular weight is 756 g/mol. The number of phosphoric acid groups is 1. The summed E-state index contributed by atoms with van der Waals surface area (Å²) in [5, 5.41) is 13.9. The Hall–Kier alpha value is -1.28. The molecule has 0 radical (unpaired) electrons. The zero-order valence-electron chi connectivity index (χ0n) is 34.5. The minimum absolute atomic E-state index is 0.0703. The molecule has 1 amide bonds. The van der Waals surface area contributed by atoms with Crippen LogP contribution in [0.3, 0.4) is 0 Å². The molecule has 0 saturated carbocycles. The predicted octanol–water partition coefficient (Wildman–Crippen LogP) is 11.5. The molecule has 0 aromatic carbocycles. The normalized spacial score (nSPS) is 14.8. The van der Waals surface area contributed by atoms with Crippen LogP contribution in [0.15, 0.2) is 36.5 Å². The molecule has 0 rings (SSSR count). The first-order valence-electron chi connectivity index (χ1n) is 21.4. The molecule has 0 aliphatic carbocycles. The number of unbranched alkanes of at least 4 members (excludes halogenated alkanes) is 19. The lowest BCUT2D eigenvalue weighted by Crippen LogP contribution is -2.46. The van der Waals surface area contributed by atoms with Crippen molar-refractivity contribution in [2.75, 3.05) is 40.9 Å². The van der Waals surface area contributed by atoms with Crippen molar-refractivity contribution in [2.45, 2.75) is 193 Å². The molecule has 306 valence electrons. The van der Waals surface area contributed by atoms with Gasteiger partial charge in [0.25, 0.3) is 0 Å². The third kappa shape index (κ3) is 37.1. The molecule has 3 N–H and O–H groups in total. The number of hydrogen-bond acceptors (Lipinski definition) is 5. The Morgan fingerprint density at radius 2 is 1.15 bits per heavy atom. The van der Waals surface area contributed by atoms with Gasteiger partial charge in [-0.15, -0.1) is 0 Å². The number of nitrogens with one attached hydrogen (secondary N) is 1. The van der Waals surface area contributed by atoms with Crippen molar-refractivity contribution in [3.05, 3.63) is 36.5 Å². The lowest BCUT2D eigenvalue weighted by Gasteiger charge is -2.26. The van der Waals surface area contributed by atoms with E-state index < -0.39 is 20.0 Å². The Labute approximate surface area is 321 Å². The molecule has 0 aliphatic heterocycles. The van der Waals surface area contributed by atoms with Crippen molar-refractivity contribution in [3.63, 3.8) is 0 Å². The van der Waals surface area contributed by atoms with Crippen molar-refractivity contribution >= 4 is 13.7 Å². The van der Waals surface area contributed by atoms with Gasteiger partial charge in [0.2, 0.25) is 5.91 Å². The van der Waals surface area contributed by atoms with Gasteiger partial charge in [0.1, 0.15) is 13.2 Å². The maximum absolute atomic E-state index is 12.9. The summed E-state index contributed by atoms with van der Waals surface area (Å²) >= 11 is 0. The molecule has 0 aromatic rings. The number of quaternary nitrogens is 1. The minimum Gasteiger partial charge on any atom is -0.391 e. The fourth-order valence-corrected chi connectivity index (χ4v) is 6.74. The van der Waals surface area contributed by atoms with Crippen molar-refractivity contribution in [3.8, 4) is 0 Å². The molecule has 9 heteroatoms. The van der Waals surface area contributed by atoms with Crippen LogP contribution in [-0.2, 0) is 18.4 Å². The summed E-state index contributed by atoms with van der Waals surface area (Å²) in [6.07, 6.45) is 41.6. The number of rotatable bonds is 38. The summed E-state index contributed by atoms with van der Waals surface area (Å²) < 4.78 is 23.6. The average Bonchev–Trinajstić information content (AvgIpc) is 3.09. The summed E-state index contributed by atoms with van der Waals surface area (Å²) in [6.45, 7) is 4.75. The number of carbonyl (C=O) groups is 1. The largest absolute Gasteiger partial charge is 0.472 e. The highest BCUT2D eigenvalue weighted by molar-refractivity contribution is 7.47. The topological polar surface area (TPSA) is 105 Å². The maximum Gasteiger partial charge on any atom is 0.472 e. The second-order valence-electron chi connectivity index (χ2n) is 15.7. The third-order valence-electron chi connectivity index (χ3n) is 9.40. The molecule has 8 nitrogen and oxygen atoms in total. The van der Waals surface area contributed by atoms with Gasteiger partial charge in [-0.3, -0.25) is 13.8 Å². The van der Waals surface area contributed by atoms with E-state index in [1.807, 2.05) is 21.1 Å². The number of phosphoric ester groups is 1. The third-order valence-corrected chi connectivity index (χ3v) is 10.4. The van der Waals surface area contributed by atoms with E-state index in [-0.39, 0.29) is 19.1 Å². The molecule has 0 aliphatic rings. The Kier molecular flexibility index (Phi) is 34.6. The first-order valence-corrected chi connectivity index (χ1v) is 22.8. The number of aliphatic hydroxyl groups is 1. The monoisotopic (exact) mass is 756 g/mol. The molecule has 52 heavy (non-hydrogen) atoms. The van der Waals surface area contributed by atoms with Crippen molar-refractivity contribution in [1.29, 1.82) is 0 Å². The number of nitrogens with zero attached hydrogens (tertiary/aromatic N) is 1. The van der Waals surface area contributed by atoms with Gasteiger partial charge >= 0.3 is 7.82 Å². The Morgan fingerprint density at radius 3 is 1.69 bits per heavy atom. The first kappa shape index (κ1) is 50.7. The summed E-state index contributed by atoms with van der Waals surface area (Å²) in [7, 11) is 1.60. The lowest BCUT2D eigenvalue weighted by molar-refractivity contribution is -0.870. The van der Waals surface area contributed by atoms with Gasteiger partial charge in [0.15, 0.2) is 0 Å². The van der Waals surface area contributed by atoms with E-state index in [9.17, 15) is 19.4 Å². The number of likely N-dealkylation sites (N-methyl/N-ethyl adjacent to an activating group) is 1. The maximum atomic E-state index is 12.9. The fraction of sp³-hybridized carbons (Fsp3) is 0.837. The van der Waals surface area contributed by atoms with Crippen LogP contribution >= 0.6 is 7.82 Å². The van der Waals surface area contributed by atoms with Gasteiger partial charge in [0, 0.05) is 6.42 Å². The van der Waals surface area contributed by atoms with E-state index in [1.165, 1.54) is 77.0 Å². The van der Waals surface area contributed by atoms with Gasteiger partial charge in [-0.25, -0.2) is 4.57 Å². The van der Waals surface area contributed by atoms with E-state index in [0.717, 1.165) is 77.0 Å². The van der Waals surface area contributed by atoms with E-state index >= 15 is 0 Å². The van der Waals surface area contributed by atoms with Crippen LogP contribution in [0.4, 0.5) is 0 Å². The van der Waals surface area contributed by atoms with Crippen LogP contribution in [0, 0.1) is 0 Å². The smallest absolute Gasteiger partial charge is 0.391 e. The highest BCUT2D eigenvalue weighted by atomic mass is 31.2. The molecule has 0 aromatic heterocycles. The fourth-order valence-electron chi connectivity index (χ4n) is 6.00. The van der Waals surface area contributed by atoms with Gasteiger partial charge in [-0.05, 0) is 44.9 Å². The molecular weight excluding hydrogens is 671 g/mol. The van der Waals surface area contributed by atoms with E-state index in [4.69, 9.17) is 9.05 Å². The summed E-state index contributed by atoms with van der Waals surface area (Å²) in [5.74, 6) is -0.163. The Bertz CT molecular complexity index is 948. The van der Waals surface area contributed by atoms with Crippen molar-refractivity contribution < 1.29 is 32.9 Å². The minimum atomic E-state index is -4.31. The summed E-state index contributed by atoms with van der Waals surface area (Å²) in [4.78, 5) is 23.1. The van der Waals surface area contributed by atoms with Gasteiger partial charge < -0.3 is 19.8 Å². The SMILES string of the molecule is CC/C=C\C/C=C\C/C=C\CCCCCCCC(=O)NC(COP(=O)(O)OCC[N+](C)(C)C)C(O)CCCCCCCCCCCCCCCCC. The molecule has 0 fully saturated rings. The van der Waals surface area contributed by atoms with E-state index in [0.29, 0.717) is 23.9 Å². The molecule has 0 spiro atoms. The highest BCUT2D eigenvalue weighted by Gasteiger charge is 2.28. The van der Waals surface area contributed by atoms with Crippen LogP contribution in [0.1, 0.15) is 181 Å². The lowest BCUT2D eigenvalue weighted by atomic mass is 10.0. The van der Waals surface area contributed by atoms with Crippen LogP contribution in [-0.4, -0.2) is 73.4 Å². The number of hydrogen-bond donors (Lipinski definition) is 3. The number of amides is 1. The molecule has 0 saturated heterocycles. The number of aliphatic hydroxyl groups excluding tert-OH is 1. The van der Waals surface area contributed by atoms with Crippen LogP contribution in [0.2, 0.25) is 0 Å². The molecular formula is C43H84N2O6P+. The van der Waals surface area contributed by atoms with Crippen molar-refractivity contribution in [2.24, 2.45) is 0 Å². The van der Waals surface area contributed by atoms with Crippen LogP contribution in [0.25, 0.3) is 0 Å². The van der Waals surface area contributed by atoms with E-state index in [1.54, 1.807) is 0 Å². The summed E-state index contributed by atoms with van der Waals surface area (Å²) in [5.41, 5.74) is 0. The zero-order valence-corrected chi connectivity index (χ0v) is 35.4. The second-order valence-corrected chi connectivity index (χ2v) is 17.1. The molecule has 0 heterocycles. The van der Waals surface area contributed by atoms with Gasteiger partial charge in [0.05, 0.1) is 39.9 Å². The first-order chi connectivity index (χ1) is 25.0. The summed E-state index contributed by atoms with van der Waals surface area (Å²) in [6, 6.07) is -0.768. The van der Waals surface area contributed by atoms with Crippen LogP contribution in [0.5, 0.6) is 0 Å². The predicted molar refractivity (Wildman–Crippen MR) is 221 cm³/mol. The molecule has 3 atom stereocenters. The second kappa shape index (κ2) is 35.4. The standard InChI is InChI=1S/C43H83N2O6P/c1-6-8-10-12-14-16-18-20-22-24-26-28-30-32-34-36-42(46)41(40-51-52(48,49)50-39-38-45(3,4)5)44-43(47)37-35-33-31-29-27-25-23-21-19-17-15-13-11-9-7-2/h9,11,15,17,21,23,41-42,46H,6-8,10,12-14,16,18-20,22,24-40H2,1-5H3,(H-,44,47,48,49)/p+1/b11-9-,17-15-,23-21-. The zero-order chi connectivity index (χ0) is 38.6. The van der Waals surface area contributed by atoms with Gasteiger partial charge in [-0.2, -0.15) is 0 Å². The molecule has 0 bridgehead atoms. The number of allylic oxidation sites excluding steroid dienone is 6.